The van der Waals surface area contributed by atoms with Crippen molar-refractivity contribution in [2.24, 2.45) is 21.6 Å². The molecule has 0 saturated carbocycles. The Balaban J connectivity index is 1.76. The van der Waals surface area contributed by atoms with Gasteiger partial charge in [-0.05, 0) is 48.4 Å². The minimum atomic E-state index is 0.0609. The molecule has 0 radical (unpaired) electrons. The Morgan fingerprint density at radius 3 is 2.90 bits per heavy atom. The molecule has 4 nitrogen and oxygen atoms in total. The predicted molar refractivity (Wildman–Crippen MR) is 86.2 cm³/mol. The van der Waals surface area contributed by atoms with Gasteiger partial charge in [0, 0.05) is 13.2 Å². The Morgan fingerprint density at radius 2 is 2.05 bits per heavy atom. The summed E-state index contributed by atoms with van der Waals surface area (Å²) < 4.78 is 0. The molecule has 21 heavy (non-hydrogen) atoms. The first kappa shape index (κ1) is 12.6. The van der Waals surface area contributed by atoms with Gasteiger partial charge in [0.05, 0.1) is 5.92 Å². The minimum Gasteiger partial charge on any atom is -0.386 e. The summed E-state index contributed by atoms with van der Waals surface area (Å²) in [7, 11) is 2.06. The molecule has 2 atom stereocenters. The Bertz CT molecular complexity index is 699. The van der Waals surface area contributed by atoms with Crippen LogP contribution in [0.3, 0.4) is 0 Å². The predicted octanol–water partition coefficient (Wildman–Crippen LogP) is 2.19. The van der Waals surface area contributed by atoms with E-state index in [-0.39, 0.29) is 12.1 Å². The zero-order valence-electron chi connectivity index (χ0n) is 12.5. The summed E-state index contributed by atoms with van der Waals surface area (Å²) in [5, 5.41) is 0. The quantitative estimate of drug-likeness (QED) is 0.857. The Hall–Kier alpha value is -2.10. The molecule has 0 bridgehead atoms. The van der Waals surface area contributed by atoms with Crippen molar-refractivity contribution in [3.8, 4) is 0 Å². The normalized spacial score (nSPS) is 27.0. The van der Waals surface area contributed by atoms with Gasteiger partial charge in [0.15, 0.2) is 0 Å². The fourth-order valence-corrected chi connectivity index (χ4v) is 3.73. The van der Waals surface area contributed by atoms with Gasteiger partial charge in [0.1, 0.15) is 17.8 Å². The molecule has 0 amide bonds. The summed E-state index contributed by atoms with van der Waals surface area (Å²) in [6, 6.07) is 6.84. The van der Waals surface area contributed by atoms with Gasteiger partial charge in [0.2, 0.25) is 0 Å². The summed E-state index contributed by atoms with van der Waals surface area (Å²) in [6.45, 7) is 1.91. The number of hydrogen-bond donors (Lipinski definition) is 1. The van der Waals surface area contributed by atoms with E-state index in [1.807, 2.05) is 6.92 Å². The monoisotopic (exact) mass is 280 g/mol. The smallest absolute Gasteiger partial charge is 0.136 e. The Labute approximate surface area is 125 Å². The average molecular weight is 280 g/mol. The largest absolute Gasteiger partial charge is 0.386 e. The van der Waals surface area contributed by atoms with Gasteiger partial charge >= 0.3 is 0 Å². The fraction of sp³-hybridized carbons (Fsp3) is 0.412. The van der Waals surface area contributed by atoms with E-state index in [4.69, 9.17) is 5.73 Å². The van der Waals surface area contributed by atoms with Crippen LogP contribution < -0.4 is 5.73 Å². The summed E-state index contributed by atoms with van der Waals surface area (Å²) >= 11 is 0. The van der Waals surface area contributed by atoms with Crippen molar-refractivity contribution in [1.29, 1.82) is 0 Å². The number of nitrogens with zero attached hydrogens (tertiary/aromatic N) is 3. The molecule has 2 heterocycles. The van der Waals surface area contributed by atoms with Crippen molar-refractivity contribution in [3.05, 3.63) is 41.1 Å². The standard InChI is InChI=1S/C17H20N4/c1-10-19-16(18)15-14(9-21(2)17(15)20-10)13-7-6-11-4-3-5-12(11)8-13/h6-9,15,17H,3-5H2,1-2H3,(H2,18,19,20). The van der Waals surface area contributed by atoms with Gasteiger partial charge in [0.25, 0.3) is 0 Å². The maximum Gasteiger partial charge on any atom is 0.136 e. The lowest BCUT2D eigenvalue weighted by atomic mass is 9.90. The molecular formula is C17H20N4. The van der Waals surface area contributed by atoms with Gasteiger partial charge < -0.3 is 10.6 Å². The molecule has 1 aromatic rings. The average Bonchev–Trinajstić information content (AvgIpc) is 3.03. The molecule has 0 fully saturated rings. The fourth-order valence-electron chi connectivity index (χ4n) is 3.73. The molecule has 1 aromatic carbocycles. The van der Waals surface area contributed by atoms with Crippen molar-refractivity contribution in [2.45, 2.75) is 32.4 Å². The molecule has 2 N–H and O–H groups in total. The van der Waals surface area contributed by atoms with Gasteiger partial charge in [-0.1, -0.05) is 18.2 Å². The van der Waals surface area contributed by atoms with Crippen LogP contribution in [0.25, 0.3) is 5.57 Å². The molecule has 0 saturated heterocycles. The van der Waals surface area contributed by atoms with E-state index in [2.05, 4.69) is 46.3 Å². The first-order chi connectivity index (χ1) is 10.1. The van der Waals surface area contributed by atoms with E-state index in [0.717, 1.165) is 5.84 Å². The summed E-state index contributed by atoms with van der Waals surface area (Å²) in [6.07, 6.45) is 5.92. The van der Waals surface area contributed by atoms with Crippen LogP contribution in [0.4, 0.5) is 0 Å². The summed E-state index contributed by atoms with van der Waals surface area (Å²) in [5.74, 6) is 1.53. The maximum absolute atomic E-state index is 6.21. The molecule has 4 heteroatoms. The van der Waals surface area contributed by atoms with Crippen molar-refractivity contribution in [1.82, 2.24) is 4.90 Å². The second-order valence-corrected chi connectivity index (χ2v) is 6.19. The third kappa shape index (κ3) is 1.89. The van der Waals surface area contributed by atoms with Crippen LogP contribution in [-0.4, -0.2) is 29.8 Å². The van der Waals surface area contributed by atoms with E-state index >= 15 is 0 Å². The number of benzene rings is 1. The van der Waals surface area contributed by atoms with Crippen LogP contribution in [0.5, 0.6) is 0 Å². The van der Waals surface area contributed by atoms with Gasteiger partial charge in [-0.3, -0.25) is 0 Å². The van der Waals surface area contributed by atoms with Gasteiger partial charge in [-0.25, -0.2) is 9.98 Å². The second kappa shape index (κ2) is 4.45. The molecular weight excluding hydrogens is 260 g/mol. The molecule has 4 rings (SSSR count). The first-order valence-corrected chi connectivity index (χ1v) is 7.58. The van der Waals surface area contributed by atoms with Crippen molar-refractivity contribution in [2.75, 3.05) is 7.05 Å². The van der Waals surface area contributed by atoms with Gasteiger partial charge in [-0.15, -0.1) is 0 Å². The Kier molecular flexibility index (Phi) is 2.67. The van der Waals surface area contributed by atoms with Crippen LogP contribution in [0.2, 0.25) is 0 Å². The van der Waals surface area contributed by atoms with Crippen molar-refractivity contribution in [3.63, 3.8) is 0 Å². The summed E-state index contributed by atoms with van der Waals surface area (Å²) in [4.78, 5) is 11.2. The van der Waals surface area contributed by atoms with Crippen LogP contribution in [-0.2, 0) is 12.8 Å². The maximum atomic E-state index is 6.21. The number of aliphatic imine (C=N–C) groups is 2. The van der Waals surface area contributed by atoms with E-state index in [0.29, 0.717) is 5.84 Å². The van der Waals surface area contributed by atoms with E-state index in [1.54, 1.807) is 0 Å². The minimum absolute atomic E-state index is 0.0609. The van der Waals surface area contributed by atoms with E-state index < -0.39 is 0 Å². The van der Waals surface area contributed by atoms with E-state index in [9.17, 15) is 0 Å². The van der Waals surface area contributed by atoms with Crippen LogP contribution >= 0.6 is 0 Å². The third-order valence-corrected chi connectivity index (χ3v) is 4.75. The number of hydrogen-bond acceptors (Lipinski definition) is 4. The highest BCUT2D eigenvalue weighted by atomic mass is 15.3. The number of amidine groups is 2. The molecule has 1 aliphatic carbocycles. The highest BCUT2D eigenvalue weighted by molar-refractivity contribution is 6.05. The van der Waals surface area contributed by atoms with Crippen LogP contribution in [0.1, 0.15) is 30.0 Å². The highest BCUT2D eigenvalue weighted by Gasteiger charge is 2.39. The SMILES string of the molecule is CC1=NC2C(C(c3ccc4c(c3)CCC4)=CN2C)C(N)=N1. The Morgan fingerprint density at radius 1 is 1.24 bits per heavy atom. The topological polar surface area (TPSA) is 54.0 Å². The molecule has 3 aliphatic rings. The molecule has 0 aromatic heterocycles. The first-order valence-electron chi connectivity index (χ1n) is 7.58. The zero-order chi connectivity index (χ0) is 14.6. The number of rotatable bonds is 1. The number of fused-ring (bicyclic) bond motifs is 2. The van der Waals surface area contributed by atoms with E-state index in [1.165, 1.54) is 41.5 Å². The lowest BCUT2D eigenvalue weighted by Gasteiger charge is -2.27. The van der Waals surface area contributed by atoms with Gasteiger partial charge in [-0.2, -0.15) is 0 Å². The summed E-state index contributed by atoms with van der Waals surface area (Å²) in [5.41, 5.74) is 11.7. The second-order valence-electron chi connectivity index (χ2n) is 6.19. The van der Waals surface area contributed by atoms with Crippen LogP contribution in [0.15, 0.2) is 34.4 Å². The molecule has 2 unspecified atom stereocenters. The lowest BCUT2D eigenvalue weighted by Crippen LogP contribution is -2.40. The number of aryl methyl sites for hydroxylation is 2. The van der Waals surface area contributed by atoms with Crippen LogP contribution in [0, 0.1) is 5.92 Å². The molecule has 0 spiro atoms. The third-order valence-electron chi connectivity index (χ3n) is 4.75. The lowest BCUT2D eigenvalue weighted by molar-refractivity contribution is 0.341. The highest BCUT2D eigenvalue weighted by Crippen LogP contribution is 2.38. The zero-order valence-corrected chi connectivity index (χ0v) is 12.5. The van der Waals surface area contributed by atoms with Crippen molar-refractivity contribution >= 4 is 17.2 Å². The molecule has 108 valence electrons. The number of nitrogens with two attached hydrogens (primary N) is 1. The molecule has 2 aliphatic heterocycles. The van der Waals surface area contributed by atoms with Crippen molar-refractivity contribution < 1.29 is 0 Å².